The normalized spacial score (nSPS) is 11.2. The second-order valence-electron chi connectivity index (χ2n) is 6.46. The standard InChI is InChI=1S/C24H18O6/c25-21-11-7-15(13-19(21)23(27)28)5-9-17-3-1-2-4-18(17)10-6-16-8-12-22(26)20(14-16)24(29)30/h1-14,25-26H,(H,27,28)(H,29,30). The summed E-state index contributed by atoms with van der Waals surface area (Å²) in [6, 6.07) is 16.1. The largest absolute Gasteiger partial charge is 0.507 e. The van der Waals surface area contributed by atoms with Crippen LogP contribution in [0.3, 0.4) is 0 Å². The Bertz CT molecular complexity index is 1080. The van der Waals surface area contributed by atoms with Gasteiger partial charge in [-0.05, 0) is 46.5 Å². The molecule has 3 aromatic carbocycles. The molecule has 0 heterocycles. The van der Waals surface area contributed by atoms with Crippen LogP contribution in [0.1, 0.15) is 43.0 Å². The number of aromatic carboxylic acids is 2. The third kappa shape index (κ3) is 4.74. The van der Waals surface area contributed by atoms with E-state index in [2.05, 4.69) is 0 Å². The maximum absolute atomic E-state index is 11.2. The van der Waals surface area contributed by atoms with Gasteiger partial charge in [-0.1, -0.05) is 60.7 Å². The van der Waals surface area contributed by atoms with Crippen molar-refractivity contribution in [1.29, 1.82) is 0 Å². The van der Waals surface area contributed by atoms with Gasteiger partial charge in [0.05, 0.1) is 0 Å². The summed E-state index contributed by atoms with van der Waals surface area (Å²) in [5, 5.41) is 37.5. The maximum atomic E-state index is 11.2. The SMILES string of the molecule is O=C(O)c1cc(C=Cc2ccccc2C=Cc2ccc(O)c(C(=O)O)c2)ccc1O. The van der Waals surface area contributed by atoms with Crippen molar-refractivity contribution in [2.24, 2.45) is 0 Å². The van der Waals surface area contributed by atoms with E-state index in [9.17, 15) is 19.8 Å². The third-order valence-electron chi connectivity index (χ3n) is 4.41. The van der Waals surface area contributed by atoms with Crippen molar-refractivity contribution < 1.29 is 30.0 Å². The van der Waals surface area contributed by atoms with E-state index in [1.165, 1.54) is 24.3 Å². The van der Waals surface area contributed by atoms with E-state index in [0.717, 1.165) is 11.1 Å². The molecule has 0 aromatic heterocycles. The molecule has 4 N–H and O–H groups in total. The highest BCUT2D eigenvalue weighted by Crippen LogP contribution is 2.23. The van der Waals surface area contributed by atoms with Crippen molar-refractivity contribution in [1.82, 2.24) is 0 Å². The Morgan fingerprint density at radius 2 is 1.00 bits per heavy atom. The van der Waals surface area contributed by atoms with Gasteiger partial charge in [-0.3, -0.25) is 0 Å². The number of rotatable bonds is 6. The predicted molar refractivity (Wildman–Crippen MR) is 114 cm³/mol. The highest BCUT2D eigenvalue weighted by Gasteiger charge is 2.10. The lowest BCUT2D eigenvalue weighted by Crippen LogP contribution is -1.96. The Labute approximate surface area is 172 Å². The summed E-state index contributed by atoms with van der Waals surface area (Å²) < 4.78 is 0. The summed E-state index contributed by atoms with van der Waals surface area (Å²) in [6.07, 6.45) is 7.11. The lowest BCUT2D eigenvalue weighted by atomic mass is 10.0. The summed E-state index contributed by atoms with van der Waals surface area (Å²) in [5.74, 6) is -3.00. The van der Waals surface area contributed by atoms with Crippen LogP contribution in [0.15, 0.2) is 60.7 Å². The van der Waals surface area contributed by atoms with Crippen molar-refractivity contribution in [3.05, 3.63) is 94.0 Å². The van der Waals surface area contributed by atoms with Gasteiger partial charge < -0.3 is 20.4 Å². The molecule has 30 heavy (non-hydrogen) atoms. The van der Waals surface area contributed by atoms with Crippen molar-refractivity contribution in [2.45, 2.75) is 0 Å². The summed E-state index contributed by atoms with van der Waals surface area (Å²) in [7, 11) is 0. The lowest BCUT2D eigenvalue weighted by molar-refractivity contribution is 0.0682. The van der Waals surface area contributed by atoms with E-state index in [1.54, 1.807) is 24.3 Å². The molecule has 0 aliphatic rings. The minimum absolute atomic E-state index is 0.174. The molecule has 6 nitrogen and oxygen atoms in total. The Balaban J connectivity index is 1.88. The molecule has 3 aromatic rings. The molecule has 0 saturated carbocycles. The molecule has 0 atom stereocenters. The fourth-order valence-electron chi connectivity index (χ4n) is 2.84. The zero-order valence-corrected chi connectivity index (χ0v) is 15.7. The highest BCUT2D eigenvalue weighted by atomic mass is 16.4. The topological polar surface area (TPSA) is 115 Å². The highest BCUT2D eigenvalue weighted by molar-refractivity contribution is 5.93. The first-order chi connectivity index (χ1) is 14.3. The van der Waals surface area contributed by atoms with Gasteiger partial charge in [0.1, 0.15) is 22.6 Å². The number of hydrogen-bond donors (Lipinski definition) is 4. The van der Waals surface area contributed by atoms with E-state index >= 15 is 0 Å². The van der Waals surface area contributed by atoms with E-state index < -0.39 is 11.9 Å². The lowest BCUT2D eigenvalue weighted by Gasteiger charge is -2.04. The molecular weight excluding hydrogens is 384 g/mol. The first-order valence-corrected chi connectivity index (χ1v) is 8.93. The van der Waals surface area contributed by atoms with Crippen LogP contribution in [0.5, 0.6) is 11.5 Å². The van der Waals surface area contributed by atoms with Gasteiger partial charge in [-0.15, -0.1) is 0 Å². The number of carbonyl (C=O) groups is 2. The van der Waals surface area contributed by atoms with Gasteiger partial charge >= 0.3 is 11.9 Å². The molecule has 0 spiro atoms. The monoisotopic (exact) mass is 402 g/mol. The first-order valence-electron chi connectivity index (χ1n) is 8.93. The average molecular weight is 402 g/mol. The zero-order valence-electron chi connectivity index (χ0n) is 15.7. The number of phenols is 2. The van der Waals surface area contributed by atoms with Crippen LogP contribution in [0.2, 0.25) is 0 Å². The average Bonchev–Trinajstić information content (AvgIpc) is 2.72. The van der Waals surface area contributed by atoms with E-state index in [0.29, 0.717) is 11.1 Å². The Morgan fingerprint density at radius 1 is 0.600 bits per heavy atom. The fourth-order valence-corrected chi connectivity index (χ4v) is 2.84. The Hall–Kier alpha value is -4.32. The smallest absolute Gasteiger partial charge is 0.339 e. The van der Waals surface area contributed by atoms with E-state index in [1.807, 2.05) is 36.4 Å². The van der Waals surface area contributed by atoms with Crippen molar-refractivity contribution in [3.63, 3.8) is 0 Å². The summed E-state index contributed by atoms with van der Waals surface area (Å²) in [4.78, 5) is 22.3. The second kappa shape index (κ2) is 8.79. The number of carboxylic acids is 2. The molecule has 0 amide bonds. The molecule has 0 saturated heterocycles. The first kappa shape index (κ1) is 20.4. The second-order valence-corrected chi connectivity index (χ2v) is 6.46. The van der Waals surface area contributed by atoms with Gasteiger partial charge in [-0.2, -0.15) is 0 Å². The predicted octanol–water partition coefficient (Wildman–Crippen LogP) is 4.84. The van der Waals surface area contributed by atoms with Crippen LogP contribution >= 0.6 is 0 Å². The number of hydrogen-bond acceptors (Lipinski definition) is 4. The summed E-state index contributed by atoms with van der Waals surface area (Å²) in [6.45, 7) is 0. The van der Waals surface area contributed by atoms with Crippen molar-refractivity contribution in [2.75, 3.05) is 0 Å². The van der Waals surface area contributed by atoms with Crippen LogP contribution in [0.4, 0.5) is 0 Å². The van der Waals surface area contributed by atoms with Crippen LogP contribution in [-0.2, 0) is 0 Å². The van der Waals surface area contributed by atoms with E-state index in [-0.39, 0.29) is 22.6 Å². The minimum atomic E-state index is -1.21. The van der Waals surface area contributed by atoms with Gasteiger partial charge in [0.15, 0.2) is 0 Å². The molecule has 150 valence electrons. The maximum Gasteiger partial charge on any atom is 0.339 e. The fraction of sp³-hybridized carbons (Fsp3) is 0. The molecular formula is C24H18O6. The molecule has 0 unspecified atom stereocenters. The molecule has 0 bridgehead atoms. The molecule has 0 fully saturated rings. The summed E-state index contributed by atoms with van der Waals surface area (Å²) >= 11 is 0. The summed E-state index contributed by atoms with van der Waals surface area (Å²) in [5.41, 5.74) is 2.60. The van der Waals surface area contributed by atoms with Gasteiger partial charge in [-0.25, -0.2) is 9.59 Å². The van der Waals surface area contributed by atoms with Crippen LogP contribution < -0.4 is 0 Å². The third-order valence-corrected chi connectivity index (χ3v) is 4.41. The number of aromatic hydroxyl groups is 2. The van der Waals surface area contributed by atoms with Crippen LogP contribution in [0.25, 0.3) is 24.3 Å². The minimum Gasteiger partial charge on any atom is -0.507 e. The van der Waals surface area contributed by atoms with Crippen LogP contribution in [0, 0.1) is 0 Å². The zero-order chi connectivity index (χ0) is 21.7. The number of carboxylic acid groups (broad SMARTS) is 2. The van der Waals surface area contributed by atoms with Gasteiger partial charge in [0.2, 0.25) is 0 Å². The molecule has 0 aliphatic carbocycles. The van der Waals surface area contributed by atoms with Gasteiger partial charge in [0.25, 0.3) is 0 Å². The quantitative estimate of drug-likeness (QED) is 0.439. The van der Waals surface area contributed by atoms with Crippen molar-refractivity contribution >= 4 is 36.2 Å². The van der Waals surface area contributed by atoms with E-state index in [4.69, 9.17) is 10.2 Å². The van der Waals surface area contributed by atoms with Crippen molar-refractivity contribution in [3.8, 4) is 11.5 Å². The molecule has 6 heteroatoms. The van der Waals surface area contributed by atoms with Crippen LogP contribution in [-0.4, -0.2) is 32.4 Å². The Kier molecular flexibility index (Phi) is 5.98. The number of benzene rings is 3. The Morgan fingerprint density at radius 3 is 1.37 bits per heavy atom. The molecule has 0 radical (unpaired) electrons. The van der Waals surface area contributed by atoms with Gasteiger partial charge in [0, 0.05) is 0 Å². The molecule has 0 aliphatic heterocycles. The molecule has 3 rings (SSSR count).